The first-order chi connectivity index (χ1) is 14.1. The number of hydrogen-bond acceptors (Lipinski definition) is 5. The van der Waals surface area contributed by atoms with Crippen molar-refractivity contribution >= 4 is 5.78 Å². The first-order valence-electron chi connectivity index (χ1n) is 9.02. The number of ketones is 1. The molecule has 5 nitrogen and oxygen atoms in total. The molecule has 0 atom stereocenters. The molecule has 0 aliphatic rings. The second-order valence-corrected chi connectivity index (χ2v) is 6.48. The Morgan fingerprint density at radius 2 is 1.83 bits per heavy atom. The van der Waals surface area contributed by atoms with E-state index in [4.69, 9.17) is 9.26 Å². The molecule has 0 N–H and O–H groups in total. The summed E-state index contributed by atoms with van der Waals surface area (Å²) in [7, 11) is 0. The SMILES string of the molecule is Cc1ccccc1-c1nc(-c2cccc(OCC(=O)c3ccc(F)cc3)c2)no1. The largest absolute Gasteiger partial charge is 0.485 e. The van der Waals surface area contributed by atoms with Crippen LogP contribution < -0.4 is 4.74 Å². The third-order valence-electron chi connectivity index (χ3n) is 4.43. The van der Waals surface area contributed by atoms with Gasteiger partial charge in [0.1, 0.15) is 11.6 Å². The molecule has 0 fully saturated rings. The summed E-state index contributed by atoms with van der Waals surface area (Å²) in [5.41, 5.74) is 3.02. The molecule has 0 aliphatic carbocycles. The number of Topliss-reactive ketones (excluding diaryl/α,β-unsaturated/α-hetero) is 1. The Balaban J connectivity index is 1.48. The van der Waals surface area contributed by atoms with E-state index in [-0.39, 0.29) is 18.2 Å². The van der Waals surface area contributed by atoms with Gasteiger partial charge in [-0.1, -0.05) is 35.5 Å². The van der Waals surface area contributed by atoms with Gasteiger partial charge in [-0.15, -0.1) is 0 Å². The van der Waals surface area contributed by atoms with Gasteiger partial charge in [-0.25, -0.2) is 4.39 Å². The third kappa shape index (κ3) is 4.21. The highest BCUT2D eigenvalue weighted by molar-refractivity contribution is 5.97. The number of carbonyl (C=O) groups excluding carboxylic acids is 1. The van der Waals surface area contributed by atoms with Crippen molar-refractivity contribution in [3.63, 3.8) is 0 Å². The molecule has 0 amide bonds. The summed E-state index contributed by atoms with van der Waals surface area (Å²) in [5, 5.41) is 4.05. The van der Waals surface area contributed by atoms with Gasteiger partial charge >= 0.3 is 0 Å². The highest BCUT2D eigenvalue weighted by Gasteiger charge is 2.13. The lowest BCUT2D eigenvalue weighted by molar-refractivity contribution is 0.0921. The minimum Gasteiger partial charge on any atom is -0.485 e. The number of halogens is 1. The average molecular weight is 388 g/mol. The summed E-state index contributed by atoms with van der Waals surface area (Å²) < 4.78 is 24.0. The lowest BCUT2D eigenvalue weighted by atomic mass is 10.1. The standard InChI is InChI=1S/C23H17FN2O3/c1-15-5-2-3-8-20(15)23-25-22(26-29-23)17-6-4-7-19(13-17)28-14-21(27)16-9-11-18(24)12-10-16/h2-13H,14H2,1H3. The Bertz CT molecular complexity index is 1150. The van der Waals surface area contributed by atoms with Crippen molar-refractivity contribution in [1.82, 2.24) is 10.1 Å². The number of benzene rings is 3. The highest BCUT2D eigenvalue weighted by atomic mass is 19.1. The molecule has 0 radical (unpaired) electrons. The van der Waals surface area contributed by atoms with Crippen LogP contribution in [-0.2, 0) is 0 Å². The van der Waals surface area contributed by atoms with Crippen molar-refractivity contribution in [2.24, 2.45) is 0 Å². The van der Waals surface area contributed by atoms with Crippen LogP contribution in [0.2, 0.25) is 0 Å². The van der Waals surface area contributed by atoms with E-state index in [1.807, 2.05) is 37.3 Å². The van der Waals surface area contributed by atoms with E-state index in [0.717, 1.165) is 11.1 Å². The molecule has 1 heterocycles. The molecule has 0 saturated heterocycles. The normalized spacial score (nSPS) is 10.7. The minimum absolute atomic E-state index is 0.157. The third-order valence-corrected chi connectivity index (χ3v) is 4.43. The fourth-order valence-corrected chi connectivity index (χ4v) is 2.86. The first kappa shape index (κ1) is 18.6. The smallest absolute Gasteiger partial charge is 0.258 e. The van der Waals surface area contributed by atoms with E-state index in [9.17, 15) is 9.18 Å². The molecule has 0 spiro atoms. The van der Waals surface area contributed by atoms with Crippen LogP contribution in [-0.4, -0.2) is 22.5 Å². The summed E-state index contributed by atoms with van der Waals surface area (Å²) in [6.07, 6.45) is 0. The van der Waals surface area contributed by atoms with Crippen LogP contribution in [0.4, 0.5) is 4.39 Å². The number of aromatic nitrogens is 2. The minimum atomic E-state index is -0.389. The molecule has 4 rings (SSSR count). The number of aryl methyl sites for hydroxylation is 1. The zero-order valence-electron chi connectivity index (χ0n) is 15.6. The number of ether oxygens (including phenoxy) is 1. The number of hydrogen-bond donors (Lipinski definition) is 0. The molecule has 1 aromatic heterocycles. The molecule has 0 unspecified atom stereocenters. The van der Waals surface area contributed by atoms with E-state index in [0.29, 0.717) is 28.6 Å². The summed E-state index contributed by atoms with van der Waals surface area (Å²) in [4.78, 5) is 16.7. The molecule has 6 heteroatoms. The topological polar surface area (TPSA) is 65.2 Å². The van der Waals surface area contributed by atoms with Gasteiger partial charge in [-0.2, -0.15) is 4.98 Å². The zero-order valence-corrected chi connectivity index (χ0v) is 15.6. The van der Waals surface area contributed by atoms with E-state index >= 15 is 0 Å². The van der Waals surface area contributed by atoms with Crippen LogP contribution in [0.1, 0.15) is 15.9 Å². The van der Waals surface area contributed by atoms with E-state index in [2.05, 4.69) is 10.1 Å². The van der Waals surface area contributed by atoms with Gasteiger partial charge in [-0.3, -0.25) is 4.79 Å². The van der Waals surface area contributed by atoms with Crippen molar-refractivity contribution < 1.29 is 18.4 Å². The number of rotatable bonds is 6. The molecule has 4 aromatic rings. The van der Waals surface area contributed by atoms with Crippen molar-refractivity contribution in [2.45, 2.75) is 6.92 Å². The Labute approximate surface area is 166 Å². The highest BCUT2D eigenvalue weighted by Crippen LogP contribution is 2.26. The van der Waals surface area contributed by atoms with Gasteiger partial charge in [0.2, 0.25) is 5.82 Å². The Morgan fingerprint density at radius 3 is 2.62 bits per heavy atom. The molecule has 144 valence electrons. The predicted octanol–water partition coefficient (Wildman–Crippen LogP) is 5.11. The summed E-state index contributed by atoms with van der Waals surface area (Å²) >= 11 is 0. The molecular weight excluding hydrogens is 371 g/mol. The lowest BCUT2D eigenvalue weighted by Gasteiger charge is -2.06. The Hall–Kier alpha value is -3.80. The fourth-order valence-electron chi connectivity index (χ4n) is 2.86. The summed E-state index contributed by atoms with van der Waals surface area (Å²) in [6.45, 7) is 1.82. The van der Waals surface area contributed by atoms with Crippen LogP contribution in [0, 0.1) is 12.7 Å². The molecule has 29 heavy (non-hydrogen) atoms. The molecular formula is C23H17FN2O3. The maximum Gasteiger partial charge on any atom is 0.258 e. The molecule has 0 saturated carbocycles. The van der Waals surface area contributed by atoms with Gasteiger partial charge in [0, 0.05) is 16.7 Å². The van der Waals surface area contributed by atoms with Gasteiger partial charge in [0.15, 0.2) is 12.4 Å². The van der Waals surface area contributed by atoms with Crippen LogP contribution in [0.5, 0.6) is 5.75 Å². The van der Waals surface area contributed by atoms with Gasteiger partial charge < -0.3 is 9.26 Å². The van der Waals surface area contributed by atoms with E-state index < -0.39 is 0 Å². The van der Waals surface area contributed by atoms with Gasteiger partial charge in [-0.05, 0) is 55.0 Å². The maximum atomic E-state index is 13.0. The molecule has 3 aromatic carbocycles. The van der Waals surface area contributed by atoms with Crippen molar-refractivity contribution in [3.05, 3.63) is 89.7 Å². The van der Waals surface area contributed by atoms with Crippen LogP contribution in [0.3, 0.4) is 0 Å². The fraction of sp³-hybridized carbons (Fsp3) is 0.0870. The van der Waals surface area contributed by atoms with E-state index in [1.54, 1.807) is 18.2 Å². The van der Waals surface area contributed by atoms with Gasteiger partial charge in [0.05, 0.1) is 0 Å². The maximum absolute atomic E-state index is 13.0. The van der Waals surface area contributed by atoms with Crippen LogP contribution >= 0.6 is 0 Å². The summed E-state index contributed by atoms with van der Waals surface area (Å²) in [6, 6.07) is 20.2. The second kappa shape index (κ2) is 8.06. The van der Waals surface area contributed by atoms with Crippen molar-refractivity contribution in [1.29, 1.82) is 0 Å². The molecule has 0 bridgehead atoms. The van der Waals surface area contributed by atoms with Gasteiger partial charge in [0.25, 0.3) is 5.89 Å². The first-order valence-corrected chi connectivity index (χ1v) is 9.02. The van der Waals surface area contributed by atoms with Crippen molar-refractivity contribution in [3.8, 4) is 28.6 Å². The second-order valence-electron chi connectivity index (χ2n) is 6.48. The summed E-state index contributed by atoms with van der Waals surface area (Å²) in [5.74, 6) is 0.742. The number of carbonyl (C=O) groups is 1. The predicted molar refractivity (Wildman–Crippen MR) is 106 cm³/mol. The lowest BCUT2D eigenvalue weighted by Crippen LogP contribution is -2.11. The average Bonchev–Trinajstić information content (AvgIpc) is 3.23. The monoisotopic (exact) mass is 388 g/mol. The van der Waals surface area contributed by atoms with Crippen LogP contribution in [0.25, 0.3) is 22.8 Å². The van der Waals surface area contributed by atoms with Crippen molar-refractivity contribution in [2.75, 3.05) is 6.61 Å². The van der Waals surface area contributed by atoms with E-state index in [1.165, 1.54) is 24.3 Å². The van der Waals surface area contributed by atoms with Crippen LogP contribution in [0.15, 0.2) is 77.3 Å². The Morgan fingerprint density at radius 1 is 1.03 bits per heavy atom. The Kier molecular flexibility index (Phi) is 5.16. The quantitative estimate of drug-likeness (QED) is 0.429. The zero-order chi connectivity index (χ0) is 20.2. The number of nitrogens with zero attached hydrogens (tertiary/aromatic N) is 2. The molecule has 0 aliphatic heterocycles.